The van der Waals surface area contributed by atoms with Gasteiger partial charge in [0.2, 0.25) is 0 Å². The lowest BCUT2D eigenvalue weighted by Crippen LogP contribution is -2.07. The number of rotatable bonds is 5. The van der Waals surface area contributed by atoms with Gasteiger partial charge in [-0.1, -0.05) is 18.6 Å². The van der Waals surface area contributed by atoms with E-state index in [0.717, 1.165) is 12.7 Å². The van der Waals surface area contributed by atoms with E-state index >= 15 is 0 Å². The van der Waals surface area contributed by atoms with Crippen molar-refractivity contribution in [1.29, 1.82) is 0 Å². The van der Waals surface area contributed by atoms with Crippen LogP contribution in [0.5, 0.6) is 0 Å². The van der Waals surface area contributed by atoms with E-state index in [0.29, 0.717) is 17.8 Å². The highest BCUT2D eigenvalue weighted by Crippen LogP contribution is 2.17. The summed E-state index contributed by atoms with van der Waals surface area (Å²) in [6, 6.07) is 6.08. The minimum Gasteiger partial charge on any atom is -0.476 e. The molecule has 0 bridgehead atoms. The van der Waals surface area contributed by atoms with Gasteiger partial charge in [-0.2, -0.15) is 0 Å². The maximum absolute atomic E-state index is 11.4. The maximum Gasteiger partial charge on any atom is 0.358 e. The normalized spacial score (nSPS) is 11.5. The monoisotopic (exact) mass is 309 g/mol. The van der Waals surface area contributed by atoms with E-state index in [9.17, 15) is 13.2 Å². The summed E-state index contributed by atoms with van der Waals surface area (Å²) in [5.41, 5.74) is 0.993. The number of carboxylic acids is 1. The van der Waals surface area contributed by atoms with E-state index in [1.165, 1.54) is 16.8 Å². The molecule has 8 heteroatoms. The van der Waals surface area contributed by atoms with Crippen molar-refractivity contribution < 1.29 is 18.3 Å². The summed E-state index contributed by atoms with van der Waals surface area (Å²) in [6.45, 7) is 1.93. The molecule has 1 heterocycles. The predicted molar refractivity (Wildman–Crippen MR) is 75.4 cm³/mol. The van der Waals surface area contributed by atoms with Crippen molar-refractivity contribution in [2.75, 3.05) is 6.26 Å². The largest absolute Gasteiger partial charge is 0.476 e. The first-order chi connectivity index (χ1) is 9.84. The summed E-state index contributed by atoms with van der Waals surface area (Å²) in [4.78, 5) is 11.3. The highest BCUT2D eigenvalue weighted by Gasteiger charge is 2.19. The fourth-order valence-electron chi connectivity index (χ4n) is 1.97. The second-order valence-electron chi connectivity index (χ2n) is 4.62. The molecule has 21 heavy (non-hydrogen) atoms. The van der Waals surface area contributed by atoms with Crippen LogP contribution in [0.15, 0.2) is 29.2 Å². The molecule has 0 amide bonds. The second kappa shape index (κ2) is 5.65. The quantitative estimate of drug-likeness (QED) is 0.893. The van der Waals surface area contributed by atoms with E-state index in [4.69, 9.17) is 5.11 Å². The topological polar surface area (TPSA) is 102 Å². The van der Waals surface area contributed by atoms with Gasteiger partial charge < -0.3 is 5.11 Å². The van der Waals surface area contributed by atoms with Crippen molar-refractivity contribution in [2.24, 2.45) is 0 Å². The molecule has 1 N–H and O–H groups in total. The number of carbonyl (C=O) groups is 1. The van der Waals surface area contributed by atoms with Crippen molar-refractivity contribution in [3.63, 3.8) is 0 Å². The van der Waals surface area contributed by atoms with Gasteiger partial charge in [-0.05, 0) is 30.7 Å². The summed E-state index contributed by atoms with van der Waals surface area (Å²) in [5, 5.41) is 16.6. The predicted octanol–water partition coefficient (Wildman–Crippen LogP) is 1.32. The van der Waals surface area contributed by atoms with Crippen molar-refractivity contribution in [2.45, 2.75) is 24.7 Å². The first-order valence-corrected chi connectivity index (χ1v) is 8.22. The molecule has 0 atom stereocenters. The molecular formula is C13H15N3O4S. The molecule has 2 aromatic rings. The molecule has 1 aromatic heterocycles. The molecule has 0 fully saturated rings. The van der Waals surface area contributed by atoms with Gasteiger partial charge in [-0.25, -0.2) is 17.9 Å². The van der Waals surface area contributed by atoms with Crippen LogP contribution >= 0.6 is 0 Å². The molecular weight excluding hydrogens is 294 g/mol. The van der Waals surface area contributed by atoms with Crippen molar-refractivity contribution in [1.82, 2.24) is 15.0 Å². The summed E-state index contributed by atoms with van der Waals surface area (Å²) in [6.07, 6.45) is 2.39. The fraction of sp³-hybridized carbons (Fsp3) is 0.308. The van der Waals surface area contributed by atoms with Crippen LogP contribution in [0.4, 0.5) is 0 Å². The fourth-order valence-corrected chi connectivity index (χ4v) is 2.60. The minimum absolute atomic E-state index is 0.0796. The third kappa shape index (κ3) is 3.10. The number of benzene rings is 1. The Kier molecular flexibility index (Phi) is 4.08. The van der Waals surface area contributed by atoms with Gasteiger partial charge in [-0.15, -0.1) is 5.10 Å². The number of carboxylic acid groups (broad SMARTS) is 1. The summed E-state index contributed by atoms with van der Waals surface area (Å²) >= 11 is 0. The molecule has 0 aliphatic carbocycles. The Balaban J connectivity index is 2.49. The van der Waals surface area contributed by atoms with E-state index in [1.54, 1.807) is 12.1 Å². The lowest BCUT2D eigenvalue weighted by atomic mass is 10.2. The molecule has 0 aliphatic heterocycles. The molecule has 0 aliphatic rings. The molecule has 2 rings (SSSR count). The van der Waals surface area contributed by atoms with Gasteiger partial charge in [-0.3, -0.25) is 0 Å². The Bertz CT molecular complexity index is 763. The van der Waals surface area contributed by atoms with Crippen LogP contribution < -0.4 is 0 Å². The van der Waals surface area contributed by atoms with Crippen molar-refractivity contribution in [3.05, 3.63) is 35.7 Å². The summed E-state index contributed by atoms with van der Waals surface area (Å²) < 4.78 is 24.3. The Morgan fingerprint density at radius 2 is 1.90 bits per heavy atom. The first kappa shape index (κ1) is 15.2. The Labute approximate surface area is 122 Å². The number of aromatic nitrogens is 3. The van der Waals surface area contributed by atoms with Crippen LogP contribution in [0.25, 0.3) is 5.69 Å². The Morgan fingerprint density at radius 3 is 2.38 bits per heavy atom. The SMILES string of the molecule is CCCc1c(C(=O)O)nnn1-c1ccc(S(C)(=O)=O)cc1. The average Bonchev–Trinajstić information content (AvgIpc) is 2.82. The number of hydrogen-bond acceptors (Lipinski definition) is 5. The van der Waals surface area contributed by atoms with E-state index < -0.39 is 15.8 Å². The zero-order valence-electron chi connectivity index (χ0n) is 11.6. The van der Waals surface area contributed by atoms with Gasteiger partial charge in [0.05, 0.1) is 16.3 Å². The maximum atomic E-state index is 11.4. The van der Waals surface area contributed by atoms with E-state index in [2.05, 4.69) is 10.3 Å². The Morgan fingerprint density at radius 1 is 1.29 bits per heavy atom. The minimum atomic E-state index is -3.27. The molecule has 1 aromatic carbocycles. The third-order valence-corrected chi connectivity index (χ3v) is 4.09. The van der Waals surface area contributed by atoms with Crippen LogP contribution in [0, 0.1) is 0 Å². The zero-order valence-corrected chi connectivity index (χ0v) is 12.5. The lowest BCUT2D eigenvalue weighted by Gasteiger charge is -2.07. The van der Waals surface area contributed by atoms with E-state index in [1.807, 2.05) is 6.92 Å². The lowest BCUT2D eigenvalue weighted by molar-refractivity contribution is 0.0689. The first-order valence-electron chi connectivity index (χ1n) is 6.33. The second-order valence-corrected chi connectivity index (χ2v) is 6.63. The van der Waals surface area contributed by atoms with Crippen molar-refractivity contribution in [3.8, 4) is 5.69 Å². The van der Waals surface area contributed by atoms with Gasteiger partial charge in [0.1, 0.15) is 0 Å². The van der Waals surface area contributed by atoms with Crippen LogP contribution in [0.1, 0.15) is 29.5 Å². The van der Waals surface area contributed by atoms with Gasteiger partial charge in [0.15, 0.2) is 15.5 Å². The van der Waals surface area contributed by atoms with Crippen LogP contribution in [0.3, 0.4) is 0 Å². The molecule has 0 saturated carbocycles. The van der Waals surface area contributed by atoms with Crippen LogP contribution in [-0.2, 0) is 16.3 Å². The molecule has 7 nitrogen and oxygen atoms in total. The smallest absolute Gasteiger partial charge is 0.358 e. The van der Waals surface area contributed by atoms with Gasteiger partial charge in [0, 0.05) is 6.26 Å². The van der Waals surface area contributed by atoms with Crippen LogP contribution in [-0.4, -0.2) is 40.7 Å². The highest BCUT2D eigenvalue weighted by atomic mass is 32.2. The number of hydrogen-bond donors (Lipinski definition) is 1. The van der Waals surface area contributed by atoms with Gasteiger partial charge >= 0.3 is 5.97 Å². The van der Waals surface area contributed by atoms with Crippen molar-refractivity contribution >= 4 is 15.8 Å². The molecule has 112 valence electrons. The number of sulfone groups is 1. The third-order valence-electron chi connectivity index (χ3n) is 2.96. The highest BCUT2D eigenvalue weighted by molar-refractivity contribution is 7.90. The summed E-state index contributed by atoms with van der Waals surface area (Å²) in [5.74, 6) is -1.13. The zero-order chi connectivity index (χ0) is 15.6. The Hall–Kier alpha value is -2.22. The molecule has 0 saturated heterocycles. The summed E-state index contributed by atoms with van der Waals surface area (Å²) in [7, 11) is -3.27. The van der Waals surface area contributed by atoms with Crippen LogP contribution in [0.2, 0.25) is 0 Å². The van der Waals surface area contributed by atoms with E-state index in [-0.39, 0.29) is 10.6 Å². The molecule has 0 spiro atoms. The standard InChI is InChI=1S/C13H15N3O4S/c1-3-4-11-12(13(17)18)14-15-16(11)9-5-7-10(8-6-9)21(2,19)20/h5-8H,3-4H2,1-2H3,(H,17,18). The number of nitrogens with zero attached hydrogens (tertiary/aromatic N) is 3. The molecule has 0 radical (unpaired) electrons. The van der Waals surface area contributed by atoms with Gasteiger partial charge in [0.25, 0.3) is 0 Å². The molecule has 0 unspecified atom stereocenters. The average molecular weight is 309 g/mol. The number of aromatic carboxylic acids is 1.